The molecule has 10 nitrogen and oxygen atoms in total. The molecule has 2 amide bonds. The van der Waals surface area contributed by atoms with Crippen molar-refractivity contribution in [2.24, 2.45) is 5.16 Å². The molecule has 0 aliphatic rings. The topological polar surface area (TPSA) is 139 Å². The van der Waals surface area contributed by atoms with Gasteiger partial charge in [0.2, 0.25) is 11.8 Å². The smallest absolute Gasteiger partial charge is 0.413 e. The van der Waals surface area contributed by atoms with Crippen LogP contribution in [0.5, 0.6) is 0 Å². The molecule has 1 atom stereocenters. The monoisotopic (exact) mass is 372 g/mol. The van der Waals surface area contributed by atoms with E-state index in [2.05, 4.69) is 20.8 Å². The molecule has 0 aliphatic heterocycles. The molecule has 0 bridgehead atoms. The third-order valence-electron chi connectivity index (χ3n) is 2.47. The SMILES string of the molecule is CNC(=O)C(C)ON=C(C(=O)O)c1csc(NC(=O)OC(C)(C)C)n1. The van der Waals surface area contributed by atoms with Crippen LogP contribution in [0.25, 0.3) is 0 Å². The van der Waals surface area contributed by atoms with Gasteiger partial charge in [-0.15, -0.1) is 11.3 Å². The van der Waals surface area contributed by atoms with Gasteiger partial charge in [0.1, 0.15) is 11.3 Å². The zero-order chi connectivity index (χ0) is 19.2. The molecule has 0 fully saturated rings. The summed E-state index contributed by atoms with van der Waals surface area (Å²) >= 11 is 0.993. The minimum absolute atomic E-state index is 0.0207. The summed E-state index contributed by atoms with van der Waals surface area (Å²) in [4.78, 5) is 43.2. The number of carbonyl (C=O) groups excluding carboxylic acids is 2. The lowest BCUT2D eigenvalue weighted by molar-refractivity contribution is -0.133. The molecule has 3 N–H and O–H groups in total. The van der Waals surface area contributed by atoms with Crippen molar-refractivity contribution in [1.82, 2.24) is 10.3 Å². The average Bonchev–Trinajstić information content (AvgIpc) is 2.91. The molecule has 0 spiro atoms. The van der Waals surface area contributed by atoms with Crippen LogP contribution < -0.4 is 10.6 Å². The highest BCUT2D eigenvalue weighted by molar-refractivity contribution is 7.14. The van der Waals surface area contributed by atoms with E-state index in [1.165, 1.54) is 19.4 Å². The van der Waals surface area contributed by atoms with E-state index in [0.717, 1.165) is 11.3 Å². The molecule has 0 radical (unpaired) electrons. The number of aliphatic carboxylic acids is 1. The number of carbonyl (C=O) groups is 3. The van der Waals surface area contributed by atoms with Gasteiger partial charge >= 0.3 is 12.1 Å². The Bertz CT molecular complexity index is 679. The van der Waals surface area contributed by atoms with Gasteiger partial charge in [-0.1, -0.05) is 5.16 Å². The van der Waals surface area contributed by atoms with E-state index in [-0.39, 0.29) is 10.8 Å². The van der Waals surface area contributed by atoms with Crippen LogP contribution in [0.2, 0.25) is 0 Å². The van der Waals surface area contributed by atoms with Gasteiger partial charge in [-0.05, 0) is 27.7 Å². The van der Waals surface area contributed by atoms with Gasteiger partial charge in [0.05, 0.1) is 0 Å². The van der Waals surface area contributed by atoms with Crippen LogP contribution in [-0.4, -0.2) is 52.5 Å². The summed E-state index contributed by atoms with van der Waals surface area (Å²) in [5, 5.41) is 19.0. The fraction of sp³-hybridized carbons (Fsp3) is 0.500. The predicted molar refractivity (Wildman–Crippen MR) is 90.8 cm³/mol. The lowest BCUT2D eigenvalue weighted by Crippen LogP contribution is -2.31. The number of hydrogen-bond acceptors (Lipinski definition) is 8. The summed E-state index contributed by atoms with van der Waals surface area (Å²) in [6.07, 6.45) is -1.69. The van der Waals surface area contributed by atoms with Gasteiger partial charge < -0.3 is 20.0 Å². The lowest BCUT2D eigenvalue weighted by atomic mass is 10.2. The van der Waals surface area contributed by atoms with Gasteiger partial charge in [0.15, 0.2) is 5.13 Å². The first-order valence-corrected chi connectivity index (χ1v) is 8.06. The predicted octanol–water partition coefficient (Wildman–Crippen LogP) is 1.43. The largest absolute Gasteiger partial charge is 0.476 e. The second kappa shape index (κ2) is 8.42. The van der Waals surface area contributed by atoms with Crippen molar-refractivity contribution < 1.29 is 29.1 Å². The number of carboxylic acids is 1. The van der Waals surface area contributed by atoms with Gasteiger partial charge in [0, 0.05) is 12.4 Å². The second-order valence-corrected chi connectivity index (χ2v) is 6.63. The lowest BCUT2D eigenvalue weighted by Gasteiger charge is -2.18. The molecule has 0 saturated heterocycles. The van der Waals surface area contributed by atoms with Gasteiger partial charge in [-0.2, -0.15) is 0 Å². The Morgan fingerprint density at radius 1 is 1.36 bits per heavy atom. The maximum absolute atomic E-state index is 11.7. The first-order valence-electron chi connectivity index (χ1n) is 7.18. The van der Waals surface area contributed by atoms with E-state index >= 15 is 0 Å². The molecular weight excluding hydrogens is 352 g/mol. The highest BCUT2D eigenvalue weighted by Crippen LogP contribution is 2.18. The Morgan fingerprint density at radius 2 is 2.00 bits per heavy atom. The van der Waals surface area contributed by atoms with Gasteiger partial charge in [-0.3, -0.25) is 10.1 Å². The summed E-state index contributed by atoms with van der Waals surface area (Å²) in [6.45, 7) is 6.54. The maximum atomic E-state index is 11.7. The number of carboxylic acid groups (broad SMARTS) is 1. The zero-order valence-electron chi connectivity index (χ0n) is 14.4. The second-order valence-electron chi connectivity index (χ2n) is 5.77. The molecule has 1 aromatic rings. The molecule has 1 heterocycles. The van der Waals surface area contributed by atoms with Crippen molar-refractivity contribution >= 4 is 40.1 Å². The van der Waals surface area contributed by atoms with Crippen molar-refractivity contribution in [3.63, 3.8) is 0 Å². The highest BCUT2D eigenvalue weighted by Gasteiger charge is 2.21. The van der Waals surface area contributed by atoms with Crippen LogP contribution in [0.1, 0.15) is 33.4 Å². The van der Waals surface area contributed by atoms with Gasteiger partial charge in [-0.25, -0.2) is 14.6 Å². The molecule has 11 heteroatoms. The maximum Gasteiger partial charge on any atom is 0.413 e. The first-order chi connectivity index (χ1) is 11.5. The van der Waals surface area contributed by atoms with Crippen LogP contribution in [-0.2, 0) is 19.2 Å². The molecule has 1 unspecified atom stereocenters. The van der Waals surface area contributed by atoms with Crippen LogP contribution in [0.15, 0.2) is 10.5 Å². The molecule has 1 rings (SSSR count). The van der Waals surface area contributed by atoms with Crippen molar-refractivity contribution in [1.29, 1.82) is 0 Å². The van der Waals surface area contributed by atoms with Crippen LogP contribution >= 0.6 is 11.3 Å². The number of nitrogens with zero attached hydrogens (tertiary/aromatic N) is 2. The van der Waals surface area contributed by atoms with E-state index in [9.17, 15) is 19.5 Å². The number of anilines is 1. The number of aromatic nitrogens is 1. The number of rotatable bonds is 6. The number of thiazole rings is 1. The number of nitrogens with one attached hydrogen (secondary N) is 2. The fourth-order valence-electron chi connectivity index (χ4n) is 1.41. The standard InChI is InChI=1S/C14H20N4O6S/c1-7(10(19)15-5)24-18-9(11(20)21)8-6-25-12(16-8)17-13(22)23-14(2,3)4/h6-7H,1-5H3,(H,15,19)(H,20,21)(H,16,17,22). The Kier molecular flexibility index (Phi) is 6.86. The first kappa shape index (κ1) is 20.4. The molecular formula is C14H20N4O6S. The summed E-state index contributed by atoms with van der Waals surface area (Å²) in [5.74, 6) is -1.85. The van der Waals surface area contributed by atoms with Crippen molar-refractivity contribution in [3.8, 4) is 0 Å². The van der Waals surface area contributed by atoms with E-state index in [0.29, 0.717) is 0 Å². The molecule has 1 aromatic heterocycles. The van der Waals surface area contributed by atoms with Crippen LogP contribution in [0.4, 0.5) is 9.93 Å². The van der Waals surface area contributed by atoms with Crippen molar-refractivity contribution in [2.75, 3.05) is 12.4 Å². The molecule has 0 aliphatic carbocycles. The summed E-state index contributed by atoms with van der Waals surface area (Å²) in [7, 11) is 1.42. The normalized spacial score (nSPS) is 12.9. The Labute approximate surface area is 148 Å². The molecule has 0 saturated carbocycles. The van der Waals surface area contributed by atoms with E-state index in [4.69, 9.17) is 9.57 Å². The third kappa shape index (κ3) is 6.75. The Balaban J connectivity index is 2.86. The number of likely N-dealkylation sites (N-methyl/N-ethyl adjacent to an activating group) is 1. The number of hydrogen-bond donors (Lipinski definition) is 3. The van der Waals surface area contributed by atoms with Crippen molar-refractivity contribution in [3.05, 3.63) is 11.1 Å². The van der Waals surface area contributed by atoms with E-state index in [1.54, 1.807) is 20.8 Å². The third-order valence-corrected chi connectivity index (χ3v) is 3.23. The number of ether oxygens (including phenoxy) is 1. The quantitative estimate of drug-likeness (QED) is 0.507. The Hall–Kier alpha value is -2.69. The van der Waals surface area contributed by atoms with E-state index in [1.807, 2.05) is 0 Å². The summed E-state index contributed by atoms with van der Waals surface area (Å²) in [6, 6.07) is 0. The summed E-state index contributed by atoms with van der Waals surface area (Å²) in [5.41, 5.74) is -1.20. The zero-order valence-corrected chi connectivity index (χ0v) is 15.3. The molecule has 0 aromatic carbocycles. The Morgan fingerprint density at radius 3 is 2.52 bits per heavy atom. The molecule has 138 valence electrons. The minimum atomic E-state index is -1.39. The van der Waals surface area contributed by atoms with Crippen molar-refractivity contribution in [2.45, 2.75) is 39.4 Å². The average molecular weight is 372 g/mol. The van der Waals surface area contributed by atoms with Crippen LogP contribution in [0, 0.1) is 0 Å². The van der Waals surface area contributed by atoms with Crippen LogP contribution in [0.3, 0.4) is 0 Å². The highest BCUT2D eigenvalue weighted by atomic mass is 32.1. The summed E-state index contributed by atoms with van der Waals surface area (Å²) < 4.78 is 5.08. The minimum Gasteiger partial charge on any atom is -0.476 e. The number of oxime groups is 1. The fourth-order valence-corrected chi connectivity index (χ4v) is 2.09. The number of amides is 2. The molecule has 25 heavy (non-hydrogen) atoms. The van der Waals surface area contributed by atoms with Gasteiger partial charge in [0.25, 0.3) is 5.91 Å². The van der Waals surface area contributed by atoms with E-state index < -0.39 is 35.4 Å².